The van der Waals surface area contributed by atoms with Crippen molar-refractivity contribution in [1.29, 1.82) is 0 Å². The molecule has 0 saturated heterocycles. The van der Waals surface area contributed by atoms with Crippen LogP contribution < -0.4 is 10.6 Å². The Morgan fingerprint density at radius 3 is 3.00 bits per heavy atom. The van der Waals surface area contributed by atoms with Crippen molar-refractivity contribution >= 4 is 39.0 Å². The van der Waals surface area contributed by atoms with Crippen LogP contribution in [0.15, 0.2) is 27.5 Å². The van der Waals surface area contributed by atoms with Crippen LogP contribution in [0.1, 0.15) is 18.9 Å². The molecule has 2 aromatic heterocycles. The van der Waals surface area contributed by atoms with Gasteiger partial charge < -0.3 is 10.6 Å². The summed E-state index contributed by atoms with van der Waals surface area (Å²) in [6.45, 7) is 3.76. The van der Waals surface area contributed by atoms with Gasteiger partial charge in [-0.3, -0.25) is 0 Å². The Balaban J connectivity index is 2.01. The molecule has 0 aliphatic rings. The van der Waals surface area contributed by atoms with Gasteiger partial charge in [-0.25, -0.2) is 4.98 Å². The molecule has 18 heavy (non-hydrogen) atoms. The van der Waals surface area contributed by atoms with Gasteiger partial charge in [0.2, 0.25) is 5.95 Å². The van der Waals surface area contributed by atoms with Crippen LogP contribution in [0.25, 0.3) is 0 Å². The predicted molar refractivity (Wildman–Crippen MR) is 80.2 cm³/mol. The minimum atomic E-state index is 0.660. The SMILES string of the molecule is CCCNc1ncc(Br)c(NCc2ccsc2)n1. The highest BCUT2D eigenvalue weighted by atomic mass is 79.9. The third-order valence-electron chi connectivity index (χ3n) is 2.32. The van der Waals surface area contributed by atoms with Crippen molar-refractivity contribution in [3.8, 4) is 0 Å². The summed E-state index contributed by atoms with van der Waals surface area (Å²) in [6, 6.07) is 2.10. The molecule has 4 nitrogen and oxygen atoms in total. The highest BCUT2D eigenvalue weighted by Gasteiger charge is 2.04. The van der Waals surface area contributed by atoms with Crippen LogP contribution in [0.5, 0.6) is 0 Å². The minimum Gasteiger partial charge on any atom is -0.365 e. The third-order valence-corrected chi connectivity index (χ3v) is 3.63. The summed E-state index contributed by atoms with van der Waals surface area (Å²) < 4.78 is 0.875. The van der Waals surface area contributed by atoms with Gasteiger partial charge in [-0.15, -0.1) is 0 Å². The molecule has 0 fully saturated rings. The average Bonchev–Trinajstić information content (AvgIpc) is 2.89. The fourth-order valence-corrected chi connectivity index (χ4v) is 2.39. The van der Waals surface area contributed by atoms with Crippen molar-refractivity contribution < 1.29 is 0 Å². The maximum absolute atomic E-state index is 4.43. The van der Waals surface area contributed by atoms with E-state index in [1.807, 2.05) is 0 Å². The van der Waals surface area contributed by atoms with Crippen molar-refractivity contribution in [3.63, 3.8) is 0 Å². The lowest BCUT2D eigenvalue weighted by molar-refractivity contribution is 0.948. The fraction of sp³-hybridized carbons (Fsp3) is 0.333. The molecule has 2 N–H and O–H groups in total. The molecule has 0 aliphatic heterocycles. The molecule has 0 aliphatic carbocycles. The van der Waals surface area contributed by atoms with E-state index in [4.69, 9.17) is 0 Å². The summed E-state index contributed by atoms with van der Waals surface area (Å²) in [4.78, 5) is 8.65. The molecule has 0 radical (unpaired) electrons. The van der Waals surface area contributed by atoms with E-state index in [9.17, 15) is 0 Å². The second kappa shape index (κ2) is 6.70. The Kier molecular flexibility index (Phi) is 4.95. The van der Waals surface area contributed by atoms with E-state index in [1.165, 1.54) is 5.56 Å². The first-order chi connectivity index (χ1) is 8.79. The van der Waals surface area contributed by atoms with E-state index < -0.39 is 0 Å². The quantitative estimate of drug-likeness (QED) is 0.849. The molecule has 0 spiro atoms. The summed E-state index contributed by atoms with van der Waals surface area (Å²) in [7, 11) is 0. The van der Waals surface area contributed by atoms with Gasteiger partial charge in [-0.2, -0.15) is 16.3 Å². The van der Waals surface area contributed by atoms with Gasteiger partial charge in [-0.05, 0) is 44.7 Å². The van der Waals surface area contributed by atoms with E-state index in [0.717, 1.165) is 29.8 Å². The molecule has 96 valence electrons. The van der Waals surface area contributed by atoms with E-state index in [2.05, 4.69) is 60.3 Å². The Bertz CT molecular complexity index is 487. The summed E-state index contributed by atoms with van der Waals surface area (Å²) in [6.07, 6.45) is 2.82. The van der Waals surface area contributed by atoms with Gasteiger partial charge in [0.1, 0.15) is 5.82 Å². The highest BCUT2D eigenvalue weighted by Crippen LogP contribution is 2.21. The van der Waals surface area contributed by atoms with Crippen molar-refractivity contribution in [3.05, 3.63) is 33.1 Å². The lowest BCUT2D eigenvalue weighted by atomic mass is 10.3. The Morgan fingerprint density at radius 2 is 2.28 bits per heavy atom. The first kappa shape index (κ1) is 13.3. The maximum atomic E-state index is 4.43. The zero-order valence-corrected chi connectivity index (χ0v) is 12.5. The zero-order valence-electron chi connectivity index (χ0n) is 10.1. The number of halogens is 1. The van der Waals surface area contributed by atoms with Crippen LogP contribution in [0.4, 0.5) is 11.8 Å². The molecule has 0 aromatic carbocycles. The largest absolute Gasteiger partial charge is 0.365 e. The Morgan fingerprint density at radius 1 is 1.39 bits per heavy atom. The molecular weight excluding hydrogens is 312 g/mol. The third kappa shape index (κ3) is 3.68. The van der Waals surface area contributed by atoms with Crippen molar-refractivity contribution in [2.24, 2.45) is 0 Å². The predicted octanol–water partition coefficient (Wildman–Crippen LogP) is 3.73. The molecule has 0 amide bonds. The fourth-order valence-electron chi connectivity index (χ4n) is 1.39. The molecule has 2 aromatic rings. The summed E-state index contributed by atoms with van der Waals surface area (Å²) in [5, 5.41) is 10.7. The molecule has 0 atom stereocenters. The van der Waals surface area contributed by atoms with Crippen LogP contribution in [-0.4, -0.2) is 16.5 Å². The van der Waals surface area contributed by atoms with Gasteiger partial charge in [0.05, 0.1) is 4.47 Å². The number of hydrogen-bond donors (Lipinski definition) is 2. The minimum absolute atomic E-state index is 0.660. The van der Waals surface area contributed by atoms with Crippen LogP contribution in [-0.2, 0) is 6.54 Å². The number of anilines is 2. The highest BCUT2D eigenvalue weighted by molar-refractivity contribution is 9.10. The number of nitrogens with zero attached hydrogens (tertiary/aromatic N) is 2. The van der Waals surface area contributed by atoms with E-state index in [-0.39, 0.29) is 0 Å². The number of aromatic nitrogens is 2. The molecule has 0 bridgehead atoms. The first-order valence-corrected chi connectivity index (χ1v) is 7.54. The van der Waals surface area contributed by atoms with Crippen LogP contribution in [0, 0.1) is 0 Å². The second-order valence-electron chi connectivity index (χ2n) is 3.80. The van der Waals surface area contributed by atoms with Gasteiger partial charge in [0.25, 0.3) is 0 Å². The summed E-state index contributed by atoms with van der Waals surface area (Å²) in [5.41, 5.74) is 1.26. The van der Waals surface area contributed by atoms with Crippen LogP contribution in [0.3, 0.4) is 0 Å². The van der Waals surface area contributed by atoms with Crippen LogP contribution in [0.2, 0.25) is 0 Å². The van der Waals surface area contributed by atoms with E-state index in [0.29, 0.717) is 5.95 Å². The average molecular weight is 327 g/mol. The van der Waals surface area contributed by atoms with E-state index >= 15 is 0 Å². The van der Waals surface area contributed by atoms with Crippen molar-refractivity contribution in [2.75, 3.05) is 17.2 Å². The lowest BCUT2D eigenvalue weighted by Gasteiger charge is -2.09. The normalized spacial score (nSPS) is 10.3. The van der Waals surface area contributed by atoms with Gasteiger partial charge in [0.15, 0.2) is 0 Å². The summed E-state index contributed by atoms with van der Waals surface area (Å²) >= 11 is 5.15. The number of nitrogens with one attached hydrogen (secondary N) is 2. The van der Waals surface area contributed by atoms with Gasteiger partial charge in [-0.1, -0.05) is 6.92 Å². The molecule has 2 rings (SSSR count). The molecule has 0 saturated carbocycles. The standard InChI is InChI=1S/C12H15BrN4S/c1-2-4-14-12-16-7-10(13)11(17-12)15-6-9-3-5-18-8-9/h3,5,7-8H,2,4,6H2,1H3,(H2,14,15,16,17). The Hall–Kier alpha value is -1.14. The topological polar surface area (TPSA) is 49.8 Å². The summed E-state index contributed by atoms with van der Waals surface area (Å²) in [5.74, 6) is 1.47. The van der Waals surface area contributed by atoms with Crippen LogP contribution >= 0.6 is 27.3 Å². The Labute approximate surface area is 119 Å². The van der Waals surface area contributed by atoms with Gasteiger partial charge in [0, 0.05) is 19.3 Å². The number of rotatable bonds is 6. The van der Waals surface area contributed by atoms with Crippen molar-refractivity contribution in [2.45, 2.75) is 19.9 Å². The van der Waals surface area contributed by atoms with E-state index in [1.54, 1.807) is 17.5 Å². The molecule has 6 heteroatoms. The van der Waals surface area contributed by atoms with Gasteiger partial charge >= 0.3 is 0 Å². The van der Waals surface area contributed by atoms with Crippen molar-refractivity contribution in [1.82, 2.24) is 9.97 Å². The first-order valence-electron chi connectivity index (χ1n) is 5.81. The number of thiophene rings is 1. The molecule has 0 unspecified atom stereocenters. The monoisotopic (exact) mass is 326 g/mol. The molecular formula is C12H15BrN4S. The number of hydrogen-bond acceptors (Lipinski definition) is 5. The second-order valence-corrected chi connectivity index (χ2v) is 5.44. The zero-order chi connectivity index (χ0) is 12.8. The maximum Gasteiger partial charge on any atom is 0.224 e. The smallest absolute Gasteiger partial charge is 0.224 e. The molecule has 2 heterocycles. The lowest BCUT2D eigenvalue weighted by Crippen LogP contribution is -2.07.